The lowest BCUT2D eigenvalue weighted by atomic mass is 9.95. The Balaban J connectivity index is 1.47. The number of carbonyl (C=O) groups excluding carboxylic acids is 1. The minimum absolute atomic E-state index is 0.213. The van der Waals surface area contributed by atoms with Crippen molar-refractivity contribution in [3.8, 4) is 0 Å². The minimum atomic E-state index is -0.837. The van der Waals surface area contributed by atoms with Crippen LogP contribution in [0.4, 0.5) is 4.79 Å². The molecule has 0 spiro atoms. The van der Waals surface area contributed by atoms with Crippen LogP contribution in [0.25, 0.3) is 0 Å². The molecule has 1 saturated carbocycles. The molecule has 2 aliphatic heterocycles. The molecule has 5 atom stereocenters. The second-order valence-electron chi connectivity index (χ2n) is 7.71. The molecular formula is C18H28N4O4. The molecule has 2 saturated heterocycles. The highest BCUT2D eigenvalue weighted by Crippen LogP contribution is 2.36. The van der Waals surface area contributed by atoms with Gasteiger partial charge in [-0.05, 0) is 32.8 Å². The van der Waals surface area contributed by atoms with Crippen LogP contribution in [0.5, 0.6) is 0 Å². The summed E-state index contributed by atoms with van der Waals surface area (Å²) in [5.74, 6) is 0. The van der Waals surface area contributed by atoms with Crippen molar-refractivity contribution in [2.24, 2.45) is 0 Å². The van der Waals surface area contributed by atoms with Crippen LogP contribution < -0.4 is 10.6 Å². The van der Waals surface area contributed by atoms with E-state index in [1.54, 1.807) is 4.68 Å². The molecule has 26 heavy (non-hydrogen) atoms. The number of aryl methyl sites for hydroxylation is 2. The Bertz CT molecular complexity index is 658. The topological polar surface area (TPSA) is 97.6 Å². The van der Waals surface area contributed by atoms with Crippen LogP contribution >= 0.6 is 0 Å². The van der Waals surface area contributed by atoms with E-state index in [0.717, 1.165) is 37.1 Å². The van der Waals surface area contributed by atoms with Gasteiger partial charge in [0.1, 0.15) is 18.2 Å². The Morgan fingerprint density at radius 3 is 2.73 bits per heavy atom. The van der Waals surface area contributed by atoms with Crippen LogP contribution in [0.3, 0.4) is 0 Å². The molecule has 4 rings (SSSR count). The molecule has 1 aromatic heterocycles. The monoisotopic (exact) mass is 364 g/mol. The van der Waals surface area contributed by atoms with Crippen LogP contribution in [0.15, 0.2) is 6.07 Å². The van der Waals surface area contributed by atoms with Gasteiger partial charge in [-0.3, -0.25) is 4.68 Å². The number of rotatable bonds is 3. The van der Waals surface area contributed by atoms with Gasteiger partial charge >= 0.3 is 6.03 Å². The lowest BCUT2D eigenvalue weighted by molar-refractivity contribution is -0.166. The maximum Gasteiger partial charge on any atom is 0.315 e. The zero-order valence-corrected chi connectivity index (χ0v) is 15.4. The van der Waals surface area contributed by atoms with E-state index in [2.05, 4.69) is 15.7 Å². The predicted molar refractivity (Wildman–Crippen MR) is 93.7 cm³/mol. The second kappa shape index (κ2) is 7.17. The van der Waals surface area contributed by atoms with Gasteiger partial charge in [-0.25, -0.2) is 4.79 Å². The first-order valence-corrected chi connectivity index (χ1v) is 9.58. The predicted octanol–water partition coefficient (Wildman–Crippen LogP) is 1.16. The number of aliphatic hydroxyl groups is 1. The molecule has 3 aliphatic rings. The second-order valence-corrected chi connectivity index (χ2v) is 7.71. The summed E-state index contributed by atoms with van der Waals surface area (Å²) in [7, 11) is 0. The minimum Gasteiger partial charge on any atom is -0.388 e. The summed E-state index contributed by atoms with van der Waals surface area (Å²) in [6, 6.07) is 0.895. The number of amides is 2. The van der Waals surface area contributed by atoms with Gasteiger partial charge in [0.15, 0.2) is 6.29 Å². The van der Waals surface area contributed by atoms with Crippen molar-refractivity contribution in [1.29, 1.82) is 0 Å². The molecule has 1 aromatic rings. The quantitative estimate of drug-likeness (QED) is 0.748. The first-order valence-electron chi connectivity index (χ1n) is 9.58. The van der Waals surface area contributed by atoms with Crippen molar-refractivity contribution in [2.45, 2.75) is 82.6 Å². The first kappa shape index (κ1) is 17.8. The normalized spacial score (nSPS) is 34.7. The average Bonchev–Trinajstić information content (AvgIpc) is 3.18. The number of nitrogens with zero attached hydrogens (tertiary/aromatic N) is 2. The third-order valence-electron chi connectivity index (χ3n) is 5.70. The number of aromatic nitrogens is 2. The molecule has 3 fully saturated rings. The molecule has 144 valence electrons. The van der Waals surface area contributed by atoms with Gasteiger partial charge in [0, 0.05) is 11.7 Å². The van der Waals surface area contributed by atoms with Crippen molar-refractivity contribution in [3.63, 3.8) is 0 Å². The summed E-state index contributed by atoms with van der Waals surface area (Å²) in [5.41, 5.74) is 1.80. The van der Waals surface area contributed by atoms with E-state index in [9.17, 15) is 9.90 Å². The number of nitrogens with one attached hydrogen (secondary N) is 2. The zero-order chi connectivity index (χ0) is 18.3. The van der Waals surface area contributed by atoms with E-state index in [1.165, 1.54) is 6.42 Å². The van der Waals surface area contributed by atoms with Crippen molar-refractivity contribution in [1.82, 2.24) is 20.4 Å². The van der Waals surface area contributed by atoms with E-state index in [1.807, 2.05) is 19.9 Å². The molecule has 0 aromatic carbocycles. The van der Waals surface area contributed by atoms with Gasteiger partial charge in [0.05, 0.1) is 18.3 Å². The SMILES string of the molecule is Cc1cc(C)n(C2C3OCC(O3)C(NC(=O)NC3CCCCC3)C2O)n1. The van der Waals surface area contributed by atoms with Gasteiger partial charge in [0.2, 0.25) is 0 Å². The van der Waals surface area contributed by atoms with Crippen molar-refractivity contribution in [2.75, 3.05) is 6.61 Å². The van der Waals surface area contributed by atoms with Gasteiger partial charge in [-0.2, -0.15) is 5.10 Å². The summed E-state index contributed by atoms with van der Waals surface area (Å²) in [4.78, 5) is 12.5. The van der Waals surface area contributed by atoms with E-state index < -0.39 is 24.5 Å². The number of fused-ring (bicyclic) bond motifs is 2. The fourth-order valence-corrected chi connectivity index (χ4v) is 4.41. The maximum absolute atomic E-state index is 12.5. The summed E-state index contributed by atoms with van der Waals surface area (Å²) in [6.45, 7) is 4.20. The van der Waals surface area contributed by atoms with E-state index in [-0.39, 0.29) is 18.2 Å². The smallest absolute Gasteiger partial charge is 0.315 e. The number of hydrogen-bond donors (Lipinski definition) is 3. The third-order valence-corrected chi connectivity index (χ3v) is 5.70. The number of carbonyl (C=O) groups is 1. The Labute approximate surface area is 153 Å². The average molecular weight is 364 g/mol. The Morgan fingerprint density at radius 2 is 2.04 bits per heavy atom. The van der Waals surface area contributed by atoms with Gasteiger partial charge in [0.25, 0.3) is 0 Å². The van der Waals surface area contributed by atoms with Gasteiger partial charge in [-0.15, -0.1) is 0 Å². The Hall–Kier alpha value is -1.64. The van der Waals surface area contributed by atoms with Crippen LogP contribution in [0, 0.1) is 13.8 Å². The van der Waals surface area contributed by atoms with Crippen molar-refractivity contribution >= 4 is 6.03 Å². The molecular weight excluding hydrogens is 336 g/mol. The van der Waals surface area contributed by atoms with Crippen molar-refractivity contribution < 1.29 is 19.4 Å². The number of ether oxygens (including phenoxy) is 2. The number of hydrogen-bond acceptors (Lipinski definition) is 5. The highest BCUT2D eigenvalue weighted by molar-refractivity contribution is 5.74. The molecule has 3 N–H and O–H groups in total. The van der Waals surface area contributed by atoms with Crippen LogP contribution in [0.1, 0.15) is 49.5 Å². The molecule has 0 radical (unpaired) electrons. The largest absolute Gasteiger partial charge is 0.388 e. The summed E-state index contributed by atoms with van der Waals surface area (Å²) >= 11 is 0. The molecule has 3 heterocycles. The first-order chi connectivity index (χ1) is 12.5. The van der Waals surface area contributed by atoms with Gasteiger partial charge in [-0.1, -0.05) is 19.3 Å². The van der Waals surface area contributed by atoms with E-state index in [0.29, 0.717) is 6.61 Å². The Morgan fingerprint density at radius 1 is 1.27 bits per heavy atom. The lowest BCUT2D eigenvalue weighted by Gasteiger charge is -2.39. The lowest BCUT2D eigenvalue weighted by Crippen LogP contribution is -2.61. The molecule has 8 nitrogen and oxygen atoms in total. The van der Waals surface area contributed by atoms with Crippen molar-refractivity contribution in [3.05, 3.63) is 17.5 Å². The van der Waals surface area contributed by atoms with Crippen LogP contribution in [-0.4, -0.2) is 58.1 Å². The van der Waals surface area contributed by atoms with E-state index in [4.69, 9.17) is 9.47 Å². The summed E-state index contributed by atoms with van der Waals surface area (Å²) in [6.07, 6.45) is 3.83. The van der Waals surface area contributed by atoms with Crippen LogP contribution in [0.2, 0.25) is 0 Å². The Kier molecular flexibility index (Phi) is 4.90. The highest BCUT2D eigenvalue weighted by Gasteiger charge is 2.52. The van der Waals surface area contributed by atoms with E-state index >= 15 is 0 Å². The highest BCUT2D eigenvalue weighted by atomic mass is 16.7. The molecule has 5 unspecified atom stereocenters. The number of urea groups is 1. The van der Waals surface area contributed by atoms with Gasteiger partial charge < -0.3 is 25.2 Å². The molecule has 1 aliphatic carbocycles. The molecule has 2 bridgehead atoms. The maximum atomic E-state index is 12.5. The number of aliphatic hydroxyl groups excluding tert-OH is 1. The fraction of sp³-hybridized carbons (Fsp3) is 0.778. The third kappa shape index (κ3) is 3.33. The standard InChI is InChI=1S/C18H28N4O4/c1-10-8-11(2)22(21-10)15-16(23)14(13-9-25-17(15)26-13)20-18(24)19-12-6-4-3-5-7-12/h8,12-17,23H,3-7,9H2,1-2H3,(H2,19,20,24). The van der Waals surface area contributed by atoms with Crippen LogP contribution in [-0.2, 0) is 9.47 Å². The fourth-order valence-electron chi connectivity index (χ4n) is 4.41. The molecule has 8 heteroatoms. The zero-order valence-electron chi connectivity index (χ0n) is 15.4. The summed E-state index contributed by atoms with van der Waals surface area (Å²) in [5, 5.41) is 21.4. The molecule has 2 amide bonds. The summed E-state index contributed by atoms with van der Waals surface area (Å²) < 4.78 is 13.4.